The molecule has 1 aliphatic heterocycles. The van der Waals surface area contributed by atoms with Gasteiger partial charge in [-0.05, 0) is 30.7 Å². The number of halogens is 1. The first-order valence-corrected chi connectivity index (χ1v) is 12.0. The van der Waals surface area contributed by atoms with E-state index in [1.807, 2.05) is 0 Å². The Hall–Kier alpha value is -2.08. The van der Waals surface area contributed by atoms with Crippen LogP contribution in [0, 0.1) is 0 Å². The van der Waals surface area contributed by atoms with E-state index in [0.717, 1.165) is 5.56 Å². The zero-order valence-electron chi connectivity index (χ0n) is 17.7. The molecule has 0 bridgehead atoms. The molecule has 0 amide bonds. The quantitative estimate of drug-likeness (QED) is 0.312. The molecule has 1 fully saturated rings. The van der Waals surface area contributed by atoms with E-state index in [2.05, 4.69) is 9.97 Å². The van der Waals surface area contributed by atoms with Crippen molar-refractivity contribution in [3.63, 3.8) is 0 Å². The van der Waals surface area contributed by atoms with E-state index >= 15 is 0 Å². The van der Waals surface area contributed by atoms with Crippen molar-refractivity contribution in [1.29, 1.82) is 0 Å². The fourth-order valence-corrected chi connectivity index (χ4v) is 5.02. The van der Waals surface area contributed by atoms with Gasteiger partial charge in [-0.25, -0.2) is 14.5 Å². The molecule has 3 heterocycles. The maximum atomic E-state index is 13.2. The number of aliphatic hydroxyl groups is 2. The van der Waals surface area contributed by atoms with Crippen LogP contribution in [0.2, 0.25) is 5.02 Å². The van der Waals surface area contributed by atoms with Crippen molar-refractivity contribution < 1.29 is 33.1 Å². The van der Waals surface area contributed by atoms with Crippen molar-refractivity contribution >= 4 is 36.3 Å². The normalized spacial score (nSPS) is 23.9. The first-order chi connectivity index (χ1) is 15.8. The van der Waals surface area contributed by atoms with Crippen LogP contribution < -0.4 is 5.73 Å². The Morgan fingerprint density at radius 1 is 1.33 bits per heavy atom. The first-order valence-electron chi connectivity index (χ1n) is 10.2. The van der Waals surface area contributed by atoms with Crippen molar-refractivity contribution in [2.75, 3.05) is 18.9 Å². The van der Waals surface area contributed by atoms with Crippen LogP contribution >= 0.6 is 19.4 Å². The molecule has 3 aromatic rings. The highest BCUT2D eigenvalue weighted by molar-refractivity contribution is 7.48. The molecule has 178 valence electrons. The highest BCUT2D eigenvalue weighted by atomic mass is 35.5. The summed E-state index contributed by atoms with van der Waals surface area (Å²) in [7, 11) is -4.14. The van der Waals surface area contributed by atoms with Gasteiger partial charge in [-0.3, -0.25) is 13.6 Å². The summed E-state index contributed by atoms with van der Waals surface area (Å²) in [5.41, 5.74) is 7.11. The summed E-state index contributed by atoms with van der Waals surface area (Å²) >= 11 is 5.93. The van der Waals surface area contributed by atoms with E-state index in [4.69, 9.17) is 35.6 Å². The minimum absolute atomic E-state index is 0.0977. The minimum Gasteiger partial charge on any atom is -0.393 e. The second-order valence-corrected chi connectivity index (χ2v) is 9.40. The van der Waals surface area contributed by atoms with Gasteiger partial charge in [-0.15, -0.1) is 0 Å². The van der Waals surface area contributed by atoms with Gasteiger partial charge in [0.25, 0.3) is 0 Å². The van der Waals surface area contributed by atoms with Crippen LogP contribution in [0.3, 0.4) is 0 Å². The highest BCUT2D eigenvalue weighted by Crippen LogP contribution is 2.58. The molecule has 1 aromatic carbocycles. The van der Waals surface area contributed by atoms with Gasteiger partial charge >= 0.3 is 7.82 Å². The van der Waals surface area contributed by atoms with E-state index in [-0.39, 0.29) is 6.61 Å². The Labute approximate surface area is 194 Å². The van der Waals surface area contributed by atoms with Gasteiger partial charge < -0.3 is 25.3 Å². The number of nitrogens with two attached hydrogens (primary N) is 1. The van der Waals surface area contributed by atoms with Crippen molar-refractivity contribution in [3.8, 4) is 0 Å². The average molecular weight is 499 g/mol. The number of rotatable bonds is 8. The van der Waals surface area contributed by atoms with Gasteiger partial charge in [0.1, 0.15) is 30.1 Å². The molecule has 13 heteroatoms. The van der Waals surface area contributed by atoms with Crippen molar-refractivity contribution in [3.05, 3.63) is 53.4 Å². The summed E-state index contributed by atoms with van der Waals surface area (Å²) in [4.78, 5) is 8.14. The van der Waals surface area contributed by atoms with E-state index in [1.54, 1.807) is 48.0 Å². The minimum atomic E-state index is -4.14. The standard InChI is InChI=1S/C20H24ClN4O7P/c1-12(25-8-6-15-18(22)23-11-24-19(15)25)30-20(16(27)10-26)32-33(28)29-9-7-17(31-33)13-2-4-14(21)5-3-13/h2-6,8,11-12,16-17,20,26-27H,7,9-10H2,1H3,(H2,22,23,24)/t12-,16+,17-,20?,33?/m1/s1. The second-order valence-electron chi connectivity index (χ2n) is 7.39. The summed E-state index contributed by atoms with van der Waals surface area (Å²) in [5.74, 6) is 0.302. The molecule has 0 saturated carbocycles. The lowest BCUT2D eigenvalue weighted by molar-refractivity contribution is -0.205. The monoisotopic (exact) mass is 498 g/mol. The third-order valence-corrected chi connectivity index (χ3v) is 6.85. The molecule has 2 aromatic heterocycles. The second kappa shape index (κ2) is 10.0. The van der Waals surface area contributed by atoms with Crippen molar-refractivity contribution in [2.24, 2.45) is 0 Å². The topological polar surface area (TPSA) is 151 Å². The van der Waals surface area contributed by atoms with E-state index < -0.39 is 39.2 Å². The number of nitrogen functional groups attached to an aromatic ring is 1. The molecule has 0 aliphatic carbocycles. The van der Waals surface area contributed by atoms with Crippen molar-refractivity contribution in [1.82, 2.24) is 14.5 Å². The van der Waals surface area contributed by atoms with Gasteiger partial charge in [0.05, 0.1) is 24.7 Å². The molecular formula is C20H24ClN4O7P. The lowest BCUT2D eigenvalue weighted by Crippen LogP contribution is -2.36. The van der Waals surface area contributed by atoms with Crippen molar-refractivity contribution in [2.45, 2.75) is 38.1 Å². The SMILES string of the molecule is C[C@@H](OC(OP1(=O)OCC[C@H](c2ccc(Cl)cc2)O1)[C@@H](O)CO)n1ccc2c(N)ncnc21. The van der Waals surface area contributed by atoms with Gasteiger partial charge in [0.15, 0.2) is 6.29 Å². The number of aromatic nitrogens is 3. The molecule has 2 unspecified atom stereocenters. The predicted molar refractivity (Wildman–Crippen MR) is 119 cm³/mol. The highest BCUT2D eigenvalue weighted by Gasteiger charge is 2.41. The van der Waals surface area contributed by atoms with Crippen LogP contribution in [0.1, 0.15) is 31.2 Å². The average Bonchev–Trinajstić information content (AvgIpc) is 3.24. The van der Waals surface area contributed by atoms with Gasteiger partial charge in [-0.2, -0.15) is 0 Å². The zero-order chi connectivity index (χ0) is 23.6. The molecule has 0 spiro atoms. The Bertz CT molecular complexity index is 1150. The smallest absolute Gasteiger partial charge is 0.393 e. The summed E-state index contributed by atoms with van der Waals surface area (Å²) in [6, 6.07) is 8.62. The molecular weight excluding hydrogens is 475 g/mol. The largest absolute Gasteiger partial charge is 0.477 e. The summed E-state index contributed by atoms with van der Waals surface area (Å²) in [6.45, 7) is 1.05. The molecule has 5 atom stereocenters. The Kier molecular flexibility index (Phi) is 7.32. The number of hydrogen-bond acceptors (Lipinski definition) is 10. The van der Waals surface area contributed by atoms with Gasteiger partial charge in [0, 0.05) is 17.6 Å². The van der Waals surface area contributed by atoms with E-state index in [0.29, 0.717) is 28.3 Å². The number of benzene rings is 1. The lowest BCUT2D eigenvalue weighted by Gasteiger charge is -2.33. The first kappa shape index (κ1) is 24.1. The number of aliphatic hydroxyl groups excluding tert-OH is 2. The molecule has 4 N–H and O–H groups in total. The fraction of sp³-hybridized carbons (Fsp3) is 0.400. The molecule has 11 nitrogen and oxygen atoms in total. The van der Waals surface area contributed by atoms with Crippen LogP contribution in [-0.4, -0.2) is 50.4 Å². The van der Waals surface area contributed by atoms with Crippen LogP contribution in [0.4, 0.5) is 5.82 Å². The number of nitrogens with zero attached hydrogens (tertiary/aromatic N) is 3. The predicted octanol–water partition coefficient (Wildman–Crippen LogP) is 3.18. The number of phosphoric acid groups is 1. The number of hydrogen-bond donors (Lipinski definition) is 3. The Balaban J connectivity index is 1.51. The molecule has 1 saturated heterocycles. The summed E-state index contributed by atoms with van der Waals surface area (Å²) in [6.07, 6.45) is -0.952. The maximum absolute atomic E-state index is 13.2. The number of phosphoric ester groups is 1. The van der Waals surface area contributed by atoms with Gasteiger partial charge in [-0.1, -0.05) is 23.7 Å². The summed E-state index contributed by atoms with van der Waals surface area (Å²) in [5, 5.41) is 20.9. The van der Waals surface area contributed by atoms with Crippen LogP contribution in [0.15, 0.2) is 42.9 Å². The Morgan fingerprint density at radius 2 is 2.09 bits per heavy atom. The van der Waals surface area contributed by atoms with Crippen LogP contribution in [0.5, 0.6) is 0 Å². The maximum Gasteiger partial charge on any atom is 0.477 e. The fourth-order valence-electron chi connectivity index (χ4n) is 3.41. The van der Waals surface area contributed by atoms with E-state index in [9.17, 15) is 14.8 Å². The Morgan fingerprint density at radius 3 is 2.82 bits per heavy atom. The number of fused-ring (bicyclic) bond motifs is 1. The third-order valence-electron chi connectivity index (χ3n) is 5.12. The van der Waals surface area contributed by atoms with Gasteiger partial charge in [0.2, 0.25) is 0 Å². The third kappa shape index (κ3) is 5.37. The lowest BCUT2D eigenvalue weighted by atomic mass is 10.1. The number of ether oxygens (including phenoxy) is 1. The van der Waals surface area contributed by atoms with Crippen LogP contribution in [0.25, 0.3) is 11.0 Å². The summed E-state index contributed by atoms with van der Waals surface area (Å²) < 4.78 is 37.1. The van der Waals surface area contributed by atoms with Crippen LogP contribution in [-0.2, 0) is 22.9 Å². The molecule has 33 heavy (non-hydrogen) atoms. The molecule has 0 radical (unpaired) electrons. The van der Waals surface area contributed by atoms with E-state index in [1.165, 1.54) is 6.33 Å². The molecule has 1 aliphatic rings. The zero-order valence-corrected chi connectivity index (χ0v) is 19.3. The number of anilines is 1. The molecule has 4 rings (SSSR count).